The van der Waals surface area contributed by atoms with Gasteiger partial charge in [-0.1, -0.05) is 48.9 Å². The number of hydrogen-bond donors (Lipinski definition) is 2. The molecule has 2 bridgehead atoms. The van der Waals surface area contributed by atoms with Crippen LogP contribution in [0.25, 0.3) is 0 Å². The lowest BCUT2D eigenvalue weighted by molar-refractivity contribution is 0.0169. The highest BCUT2D eigenvalue weighted by molar-refractivity contribution is 5.91. The SMILES string of the molecule is CCOc1ccccc1NC(=O)NC1C[C@H]2CCC[C@H](C1)N2Cc1nnnn1CCc1ccccc1. The number of para-hydroxylation sites is 2. The molecule has 5 rings (SSSR count). The fraction of sp³-hybridized carbons (Fsp3) is 0.481. The first kappa shape index (κ1) is 24.2. The number of anilines is 1. The summed E-state index contributed by atoms with van der Waals surface area (Å²) in [6.45, 7) is 4.00. The van der Waals surface area contributed by atoms with Crippen LogP contribution < -0.4 is 15.4 Å². The minimum atomic E-state index is -0.177. The molecule has 2 amide bonds. The second kappa shape index (κ2) is 11.5. The van der Waals surface area contributed by atoms with E-state index >= 15 is 0 Å². The first-order valence-electron chi connectivity index (χ1n) is 13.0. The summed E-state index contributed by atoms with van der Waals surface area (Å²) in [7, 11) is 0. The third-order valence-corrected chi connectivity index (χ3v) is 7.28. The van der Waals surface area contributed by atoms with E-state index in [1.807, 2.05) is 41.9 Å². The fourth-order valence-corrected chi connectivity index (χ4v) is 5.60. The van der Waals surface area contributed by atoms with Crippen molar-refractivity contribution < 1.29 is 9.53 Å². The van der Waals surface area contributed by atoms with Crippen molar-refractivity contribution in [2.24, 2.45) is 0 Å². The van der Waals surface area contributed by atoms with Crippen molar-refractivity contribution in [2.75, 3.05) is 11.9 Å². The third-order valence-electron chi connectivity index (χ3n) is 7.28. The van der Waals surface area contributed by atoms with Gasteiger partial charge in [-0.15, -0.1) is 5.10 Å². The van der Waals surface area contributed by atoms with Crippen molar-refractivity contribution in [1.29, 1.82) is 0 Å². The maximum absolute atomic E-state index is 12.8. The largest absolute Gasteiger partial charge is 0.492 e. The number of rotatable bonds is 9. The van der Waals surface area contributed by atoms with Crippen molar-refractivity contribution in [2.45, 2.75) is 76.7 Å². The number of ether oxygens (including phenoxy) is 1. The summed E-state index contributed by atoms with van der Waals surface area (Å²) >= 11 is 0. The molecule has 2 aliphatic heterocycles. The average Bonchev–Trinajstić information content (AvgIpc) is 3.32. The number of nitrogens with one attached hydrogen (secondary N) is 2. The lowest BCUT2D eigenvalue weighted by Crippen LogP contribution is -2.57. The minimum Gasteiger partial charge on any atom is -0.492 e. The summed E-state index contributed by atoms with van der Waals surface area (Å²) in [6, 6.07) is 18.8. The Bertz CT molecular complexity index is 1120. The Morgan fingerprint density at radius 3 is 2.58 bits per heavy atom. The van der Waals surface area contributed by atoms with Gasteiger partial charge in [0.05, 0.1) is 18.8 Å². The molecule has 1 aromatic heterocycles. The number of urea groups is 1. The van der Waals surface area contributed by atoms with Crippen molar-refractivity contribution in [3.05, 3.63) is 66.0 Å². The predicted octanol–water partition coefficient (Wildman–Crippen LogP) is 4.02. The van der Waals surface area contributed by atoms with E-state index in [0.29, 0.717) is 30.1 Å². The summed E-state index contributed by atoms with van der Waals surface area (Å²) in [6.07, 6.45) is 6.26. The fourth-order valence-electron chi connectivity index (χ4n) is 5.60. The number of carbonyl (C=O) groups excluding carboxylic acids is 1. The third kappa shape index (κ3) is 5.84. The highest BCUT2D eigenvalue weighted by Crippen LogP contribution is 2.35. The number of hydrogen-bond acceptors (Lipinski definition) is 6. The van der Waals surface area contributed by atoms with Crippen LogP contribution in [0, 0.1) is 0 Å². The molecule has 2 atom stereocenters. The Morgan fingerprint density at radius 2 is 1.81 bits per heavy atom. The zero-order valence-electron chi connectivity index (χ0n) is 20.8. The summed E-state index contributed by atoms with van der Waals surface area (Å²) in [5, 5.41) is 18.8. The van der Waals surface area contributed by atoms with Crippen LogP contribution in [0.5, 0.6) is 5.75 Å². The van der Waals surface area contributed by atoms with E-state index < -0.39 is 0 Å². The van der Waals surface area contributed by atoms with Crippen LogP contribution in [0.4, 0.5) is 10.5 Å². The van der Waals surface area contributed by atoms with Gasteiger partial charge in [-0.05, 0) is 67.2 Å². The molecule has 36 heavy (non-hydrogen) atoms. The van der Waals surface area contributed by atoms with Crippen molar-refractivity contribution in [1.82, 2.24) is 30.4 Å². The standard InChI is InChI=1S/C27H35N7O2/c1-2-36-25-14-7-6-13-24(25)29-27(35)28-21-17-22-11-8-12-23(18-21)33(22)19-26-30-31-32-34(26)16-15-20-9-4-3-5-10-20/h3-7,9-10,13-14,21-23H,2,8,11-12,15-19H2,1H3,(H2,28,29,35)/t22-,23-/m1/s1. The van der Waals surface area contributed by atoms with Crippen LogP contribution in [-0.2, 0) is 19.5 Å². The normalized spacial score (nSPS) is 21.6. The Kier molecular flexibility index (Phi) is 7.76. The highest BCUT2D eigenvalue weighted by Gasteiger charge is 2.39. The number of aryl methyl sites for hydroxylation is 2. The molecule has 2 saturated heterocycles. The molecule has 0 spiro atoms. The van der Waals surface area contributed by atoms with Gasteiger partial charge >= 0.3 is 6.03 Å². The van der Waals surface area contributed by atoms with Crippen molar-refractivity contribution in [3.63, 3.8) is 0 Å². The predicted molar refractivity (Wildman–Crippen MR) is 138 cm³/mol. The quantitative estimate of drug-likeness (QED) is 0.471. The number of piperidine rings is 2. The van der Waals surface area contributed by atoms with Gasteiger partial charge in [0, 0.05) is 24.7 Å². The van der Waals surface area contributed by atoms with Gasteiger partial charge in [-0.2, -0.15) is 0 Å². The minimum absolute atomic E-state index is 0.143. The number of amides is 2. The van der Waals surface area contributed by atoms with Crippen LogP contribution in [0.1, 0.15) is 50.4 Å². The average molecular weight is 490 g/mol. The molecule has 0 unspecified atom stereocenters. The zero-order valence-corrected chi connectivity index (χ0v) is 20.8. The van der Waals surface area contributed by atoms with E-state index in [2.05, 4.69) is 55.3 Å². The first-order chi connectivity index (χ1) is 17.7. The molecular weight excluding hydrogens is 454 g/mol. The van der Waals surface area contributed by atoms with E-state index in [0.717, 1.165) is 51.0 Å². The zero-order chi connectivity index (χ0) is 24.7. The second-order valence-corrected chi connectivity index (χ2v) is 9.66. The maximum Gasteiger partial charge on any atom is 0.319 e. The van der Waals surface area contributed by atoms with E-state index in [9.17, 15) is 4.79 Å². The monoisotopic (exact) mass is 489 g/mol. The topological polar surface area (TPSA) is 97.2 Å². The Labute approximate surface area is 212 Å². The molecular formula is C27H35N7O2. The van der Waals surface area contributed by atoms with Crippen LogP contribution in [0.3, 0.4) is 0 Å². The van der Waals surface area contributed by atoms with Crippen LogP contribution >= 0.6 is 0 Å². The van der Waals surface area contributed by atoms with Crippen LogP contribution in [-0.4, -0.2) is 55.9 Å². The maximum atomic E-state index is 12.8. The van der Waals surface area contributed by atoms with Gasteiger partial charge in [-0.3, -0.25) is 4.90 Å². The first-order valence-corrected chi connectivity index (χ1v) is 13.0. The summed E-state index contributed by atoms with van der Waals surface area (Å²) in [5.41, 5.74) is 1.97. The molecule has 2 fully saturated rings. The highest BCUT2D eigenvalue weighted by atomic mass is 16.5. The molecule has 190 valence electrons. The molecule has 9 nitrogen and oxygen atoms in total. The molecule has 0 saturated carbocycles. The number of aromatic nitrogens is 4. The number of tetrazole rings is 1. The smallest absolute Gasteiger partial charge is 0.319 e. The Morgan fingerprint density at radius 1 is 1.06 bits per heavy atom. The number of carbonyl (C=O) groups is 1. The Hall–Kier alpha value is -3.46. The summed E-state index contributed by atoms with van der Waals surface area (Å²) in [4.78, 5) is 15.4. The van der Waals surface area contributed by atoms with Gasteiger partial charge in [-0.25, -0.2) is 9.48 Å². The molecule has 0 radical (unpaired) electrons. The lowest BCUT2D eigenvalue weighted by Gasteiger charge is -2.48. The molecule has 3 aromatic rings. The molecule has 0 aliphatic carbocycles. The number of benzene rings is 2. The van der Waals surface area contributed by atoms with Gasteiger partial charge < -0.3 is 15.4 Å². The van der Waals surface area contributed by atoms with E-state index in [-0.39, 0.29) is 12.1 Å². The van der Waals surface area contributed by atoms with Gasteiger partial charge in [0.15, 0.2) is 5.82 Å². The molecule has 2 N–H and O–H groups in total. The van der Waals surface area contributed by atoms with Crippen molar-refractivity contribution in [3.8, 4) is 5.75 Å². The number of nitrogens with zero attached hydrogens (tertiary/aromatic N) is 5. The molecule has 9 heteroatoms. The van der Waals surface area contributed by atoms with E-state index in [4.69, 9.17) is 4.74 Å². The van der Waals surface area contributed by atoms with Crippen LogP contribution in [0.15, 0.2) is 54.6 Å². The molecule has 2 aromatic carbocycles. The van der Waals surface area contributed by atoms with Gasteiger partial charge in [0.1, 0.15) is 5.75 Å². The lowest BCUT2D eigenvalue weighted by atomic mass is 9.81. The Balaban J connectivity index is 1.18. The second-order valence-electron chi connectivity index (χ2n) is 9.66. The summed E-state index contributed by atoms with van der Waals surface area (Å²) in [5.74, 6) is 1.60. The van der Waals surface area contributed by atoms with Crippen molar-refractivity contribution >= 4 is 11.7 Å². The molecule has 3 heterocycles. The van der Waals surface area contributed by atoms with E-state index in [1.54, 1.807) is 0 Å². The summed E-state index contributed by atoms with van der Waals surface area (Å²) < 4.78 is 7.58. The van der Waals surface area contributed by atoms with Gasteiger partial charge in [0.25, 0.3) is 0 Å². The van der Waals surface area contributed by atoms with E-state index in [1.165, 1.54) is 12.0 Å². The molecule has 2 aliphatic rings. The number of fused-ring (bicyclic) bond motifs is 2. The van der Waals surface area contributed by atoms with Gasteiger partial charge in [0.2, 0.25) is 0 Å². The van der Waals surface area contributed by atoms with Crippen LogP contribution in [0.2, 0.25) is 0 Å².